The van der Waals surface area contributed by atoms with E-state index in [1.807, 2.05) is 0 Å². The first kappa shape index (κ1) is 12.2. The largest absolute Gasteiger partial charge is 0.312 e. The Morgan fingerprint density at radius 1 is 1.05 bits per heavy atom. The van der Waals surface area contributed by atoms with Crippen molar-refractivity contribution in [1.29, 1.82) is 0 Å². The maximum absolute atomic E-state index is 5.88. The molecule has 5 rings (SSSR count). The zero-order valence-electron chi connectivity index (χ0n) is 12.3. The number of amidine groups is 1. The van der Waals surface area contributed by atoms with E-state index in [0.717, 1.165) is 11.8 Å². The van der Waals surface area contributed by atoms with Crippen molar-refractivity contribution in [2.45, 2.75) is 71.3 Å². The normalized spacial score (nSPS) is 52.6. The van der Waals surface area contributed by atoms with Gasteiger partial charge in [0.15, 0.2) is 0 Å². The Labute approximate surface area is 116 Å². The first-order valence-corrected chi connectivity index (χ1v) is 7.99. The van der Waals surface area contributed by atoms with Crippen molar-refractivity contribution in [2.75, 3.05) is 0 Å². The standard InChI is InChI=1S/C16H27N3/c1-14-5-11-6-15(2,8-14)10-16(7-11,9-14)13(19-17)18-12-3-4-12/h11-12H,3-10,17H2,1-2H3,(H,18,19). The predicted molar refractivity (Wildman–Crippen MR) is 77.6 cm³/mol. The van der Waals surface area contributed by atoms with Gasteiger partial charge in [-0.1, -0.05) is 13.8 Å². The van der Waals surface area contributed by atoms with Crippen LogP contribution in [0, 0.1) is 22.2 Å². The third-order valence-corrected chi connectivity index (χ3v) is 6.12. The summed E-state index contributed by atoms with van der Waals surface area (Å²) < 4.78 is 0. The number of nitrogens with zero attached hydrogens (tertiary/aromatic N) is 1. The molecule has 0 heterocycles. The topological polar surface area (TPSA) is 50.4 Å². The smallest absolute Gasteiger partial charge is 0.117 e. The first-order chi connectivity index (χ1) is 8.94. The van der Waals surface area contributed by atoms with Crippen LogP contribution in [0.15, 0.2) is 4.99 Å². The Kier molecular flexibility index (Phi) is 2.27. The Bertz CT molecular complexity index is 419. The summed E-state index contributed by atoms with van der Waals surface area (Å²) in [7, 11) is 0. The number of hydrogen-bond acceptors (Lipinski definition) is 2. The van der Waals surface area contributed by atoms with E-state index >= 15 is 0 Å². The summed E-state index contributed by atoms with van der Waals surface area (Å²) in [6.45, 7) is 5.02. The lowest BCUT2D eigenvalue weighted by Gasteiger charge is -2.65. The minimum atomic E-state index is 0.278. The van der Waals surface area contributed by atoms with E-state index in [2.05, 4.69) is 19.3 Å². The molecule has 0 aromatic rings. The molecule has 0 aromatic heterocycles. The molecule has 0 amide bonds. The van der Waals surface area contributed by atoms with E-state index in [-0.39, 0.29) is 5.41 Å². The van der Waals surface area contributed by atoms with E-state index < -0.39 is 0 Å². The molecule has 0 saturated heterocycles. The highest BCUT2D eigenvalue weighted by Crippen LogP contribution is 2.69. The van der Waals surface area contributed by atoms with E-state index in [9.17, 15) is 0 Å². The molecule has 3 N–H and O–H groups in total. The van der Waals surface area contributed by atoms with E-state index in [1.54, 1.807) is 0 Å². The molecule has 5 fully saturated rings. The minimum Gasteiger partial charge on any atom is -0.312 e. The van der Waals surface area contributed by atoms with Crippen LogP contribution >= 0.6 is 0 Å². The number of rotatable bonds is 2. The van der Waals surface area contributed by atoms with Crippen molar-refractivity contribution in [3.63, 3.8) is 0 Å². The van der Waals surface area contributed by atoms with Crippen LogP contribution in [0.5, 0.6) is 0 Å². The molecular formula is C16H27N3. The molecule has 5 aliphatic carbocycles. The van der Waals surface area contributed by atoms with Gasteiger partial charge in [0.2, 0.25) is 0 Å². The van der Waals surface area contributed by atoms with Gasteiger partial charge in [-0.15, -0.1) is 0 Å². The molecule has 5 aliphatic rings. The van der Waals surface area contributed by atoms with Gasteiger partial charge in [-0.2, -0.15) is 0 Å². The van der Waals surface area contributed by atoms with Gasteiger partial charge in [0, 0.05) is 5.41 Å². The molecule has 0 spiro atoms. The van der Waals surface area contributed by atoms with Gasteiger partial charge >= 0.3 is 0 Å². The van der Waals surface area contributed by atoms with Crippen molar-refractivity contribution in [3.05, 3.63) is 0 Å². The molecule has 19 heavy (non-hydrogen) atoms. The van der Waals surface area contributed by atoms with E-state index in [1.165, 1.54) is 51.4 Å². The highest BCUT2D eigenvalue weighted by molar-refractivity contribution is 5.88. The van der Waals surface area contributed by atoms with Crippen molar-refractivity contribution < 1.29 is 0 Å². The molecule has 2 atom stereocenters. The molecular weight excluding hydrogens is 234 g/mol. The number of hydrazine groups is 1. The first-order valence-electron chi connectivity index (χ1n) is 7.99. The third-order valence-electron chi connectivity index (χ3n) is 6.12. The summed E-state index contributed by atoms with van der Waals surface area (Å²) in [6, 6.07) is 0.569. The Morgan fingerprint density at radius 3 is 2.16 bits per heavy atom. The maximum atomic E-state index is 5.88. The molecule has 4 bridgehead atoms. The summed E-state index contributed by atoms with van der Waals surface area (Å²) in [4.78, 5) is 4.94. The fourth-order valence-corrected chi connectivity index (χ4v) is 6.43. The van der Waals surface area contributed by atoms with Crippen LogP contribution in [0.4, 0.5) is 0 Å². The van der Waals surface area contributed by atoms with Crippen LogP contribution < -0.4 is 11.3 Å². The number of nitrogens with two attached hydrogens (primary N) is 1. The van der Waals surface area contributed by atoms with Crippen LogP contribution in [0.1, 0.15) is 65.2 Å². The van der Waals surface area contributed by atoms with E-state index in [0.29, 0.717) is 16.9 Å². The predicted octanol–water partition coefficient (Wildman–Crippen LogP) is 3.01. The van der Waals surface area contributed by atoms with Crippen LogP contribution in [-0.2, 0) is 0 Å². The zero-order chi connectivity index (χ0) is 13.3. The summed E-state index contributed by atoms with van der Waals surface area (Å²) in [5.41, 5.74) is 4.37. The maximum Gasteiger partial charge on any atom is 0.117 e. The lowest BCUT2D eigenvalue weighted by atomic mass is 9.40. The summed E-state index contributed by atoms with van der Waals surface area (Å²) in [5, 5.41) is 0. The van der Waals surface area contributed by atoms with E-state index in [4.69, 9.17) is 10.8 Å². The van der Waals surface area contributed by atoms with Crippen molar-refractivity contribution in [1.82, 2.24) is 5.43 Å². The second-order valence-electron chi connectivity index (χ2n) is 8.76. The van der Waals surface area contributed by atoms with Gasteiger partial charge in [0.25, 0.3) is 0 Å². The Hall–Kier alpha value is -0.570. The fraction of sp³-hybridized carbons (Fsp3) is 0.938. The second-order valence-corrected chi connectivity index (χ2v) is 8.76. The SMILES string of the molecule is CC12CC3CC(C)(C1)CC(C(=NC1CC1)NN)(C3)C2. The monoisotopic (exact) mass is 261 g/mol. The van der Waals surface area contributed by atoms with Crippen LogP contribution in [0.25, 0.3) is 0 Å². The van der Waals surface area contributed by atoms with Gasteiger partial charge in [-0.25, -0.2) is 5.84 Å². The quantitative estimate of drug-likeness (QED) is 0.347. The average molecular weight is 261 g/mol. The van der Waals surface area contributed by atoms with Gasteiger partial charge < -0.3 is 5.43 Å². The van der Waals surface area contributed by atoms with Crippen LogP contribution in [0.2, 0.25) is 0 Å². The fourth-order valence-electron chi connectivity index (χ4n) is 6.43. The third kappa shape index (κ3) is 1.84. The van der Waals surface area contributed by atoms with Crippen LogP contribution in [-0.4, -0.2) is 11.9 Å². The molecule has 5 saturated carbocycles. The summed E-state index contributed by atoms with van der Waals surface area (Å²) in [5.74, 6) is 7.93. The summed E-state index contributed by atoms with van der Waals surface area (Å²) >= 11 is 0. The van der Waals surface area contributed by atoms with Gasteiger partial charge in [0.05, 0.1) is 6.04 Å². The number of nitrogens with one attached hydrogen (secondary N) is 1. The minimum absolute atomic E-state index is 0.278. The molecule has 0 aromatic carbocycles. The lowest BCUT2D eigenvalue weighted by molar-refractivity contribution is -0.117. The lowest BCUT2D eigenvalue weighted by Crippen LogP contribution is -2.60. The van der Waals surface area contributed by atoms with Gasteiger partial charge in [-0.05, 0) is 68.1 Å². The van der Waals surface area contributed by atoms with Gasteiger partial charge in [-0.3, -0.25) is 4.99 Å². The Morgan fingerprint density at radius 2 is 1.68 bits per heavy atom. The zero-order valence-corrected chi connectivity index (χ0v) is 12.3. The molecule has 106 valence electrons. The highest BCUT2D eigenvalue weighted by Gasteiger charge is 2.61. The molecule has 0 aliphatic heterocycles. The van der Waals surface area contributed by atoms with Crippen molar-refractivity contribution in [3.8, 4) is 0 Å². The highest BCUT2D eigenvalue weighted by atomic mass is 15.3. The number of aliphatic imine (C=N–C) groups is 1. The molecule has 0 radical (unpaired) electrons. The summed E-state index contributed by atoms with van der Waals surface area (Å²) in [6.07, 6.45) is 10.8. The van der Waals surface area contributed by atoms with Crippen molar-refractivity contribution in [2.24, 2.45) is 33.0 Å². The van der Waals surface area contributed by atoms with Crippen LogP contribution in [0.3, 0.4) is 0 Å². The van der Waals surface area contributed by atoms with Gasteiger partial charge in [0.1, 0.15) is 5.84 Å². The Balaban J connectivity index is 1.73. The molecule has 3 heteroatoms. The average Bonchev–Trinajstić information content (AvgIpc) is 3.03. The number of hydrogen-bond donors (Lipinski definition) is 2. The van der Waals surface area contributed by atoms with Crippen molar-refractivity contribution >= 4 is 5.84 Å². The molecule has 3 nitrogen and oxygen atoms in total. The molecule has 2 unspecified atom stereocenters. The second kappa shape index (κ2) is 3.55.